The summed E-state index contributed by atoms with van der Waals surface area (Å²) in [5.74, 6) is 0.00145. The van der Waals surface area contributed by atoms with E-state index in [1.807, 2.05) is 6.92 Å². The Kier molecular flexibility index (Phi) is 5.59. The van der Waals surface area contributed by atoms with Gasteiger partial charge in [0.25, 0.3) is 0 Å². The Labute approximate surface area is 79.4 Å². The molecule has 0 saturated carbocycles. The van der Waals surface area contributed by atoms with Crippen molar-refractivity contribution in [2.45, 2.75) is 33.6 Å². The zero-order valence-corrected chi connectivity index (χ0v) is 8.54. The average Bonchev–Trinajstić information content (AvgIpc) is 2.00. The molecule has 0 atom stereocenters. The Morgan fingerprint density at radius 2 is 1.77 bits per heavy atom. The summed E-state index contributed by atoms with van der Waals surface area (Å²) in [6.07, 6.45) is 4.04. The van der Waals surface area contributed by atoms with Crippen LogP contribution < -0.4 is 11.5 Å². The van der Waals surface area contributed by atoms with E-state index >= 15 is 0 Å². The van der Waals surface area contributed by atoms with Gasteiger partial charge in [-0.2, -0.15) is 5.10 Å². The molecule has 4 N–H and O–H groups in total. The molecule has 0 unspecified atom stereocenters. The quantitative estimate of drug-likeness (QED) is 0.298. The Morgan fingerprint density at radius 1 is 1.15 bits per heavy atom. The smallest absolute Gasteiger partial charge is 0.211 e. The highest BCUT2D eigenvalue weighted by Gasteiger charge is 1.89. The van der Waals surface area contributed by atoms with Gasteiger partial charge in [-0.25, -0.2) is 0 Å². The second-order valence-electron chi connectivity index (χ2n) is 3.18. The van der Waals surface area contributed by atoms with Crippen LogP contribution in [-0.4, -0.2) is 11.7 Å². The lowest BCUT2D eigenvalue weighted by molar-refractivity contribution is 1.04. The molecule has 0 radical (unpaired) electrons. The predicted molar refractivity (Wildman–Crippen MR) is 57.6 cm³/mol. The first-order valence-corrected chi connectivity index (χ1v) is 4.28. The Hall–Kier alpha value is -1.32. The molecule has 0 rings (SSSR count). The van der Waals surface area contributed by atoms with Crippen LogP contribution in [0.3, 0.4) is 0 Å². The fraction of sp³-hybridized carbons (Fsp3) is 0.556. The first-order valence-electron chi connectivity index (χ1n) is 4.28. The summed E-state index contributed by atoms with van der Waals surface area (Å²) in [6.45, 7) is 6.05. The van der Waals surface area contributed by atoms with Crippen LogP contribution >= 0.6 is 0 Å². The van der Waals surface area contributed by atoms with Crippen LogP contribution in [0.15, 0.2) is 21.9 Å². The van der Waals surface area contributed by atoms with Gasteiger partial charge in [0.2, 0.25) is 5.96 Å². The maximum atomic E-state index is 5.13. The zero-order valence-electron chi connectivity index (χ0n) is 8.54. The van der Waals surface area contributed by atoms with Crippen molar-refractivity contribution in [1.29, 1.82) is 0 Å². The van der Waals surface area contributed by atoms with Gasteiger partial charge < -0.3 is 11.5 Å². The highest BCUT2D eigenvalue weighted by molar-refractivity contribution is 5.83. The molecule has 0 aliphatic heterocycles. The molecule has 0 saturated heterocycles. The fourth-order valence-corrected chi connectivity index (χ4v) is 0.763. The number of allylic oxidation sites excluding steroid dienone is 2. The molecular formula is C9H18N4. The number of guanidine groups is 1. The summed E-state index contributed by atoms with van der Waals surface area (Å²) in [5, 5.41) is 7.41. The fourth-order valence-electron chi connectivity index (χ4n) is 0.763. The highest BCUT2D eigenvalue weighted by atomic mass is 15.3. The molecule has 0 amide bonds. The standard InChI is InChI=1S/C9H18N4/c1-7(2)5-4-6-8(3)12-13-9(10)11/h5H,4,6H2,1-3H3,(H4,10,11,13)/b12-8+. The maximum absolute atomic E-state index is 5.13. The summed E-state index contributed by atoms with van der Waals surface area (Å²) in [5.41, 5.74) is 12.5. The normalized spacial score (nSPS) is 10.8. The molecular weight excluding hydrogens is 164 g/mol. The highest BCUT2D eigenvalue weighted by Crippen LogP contribution is 1.98. The third-order valence-electron chi connectivity index (χ3n) is 1.39. The first-order chi connectivity index (χ1) is 6.02. The van der Waals surface area contributed by atoms with Gasteiger partial charge >= 0.3 is 0 Å². The second kappa shape index (κ2) is 6.22. The lowest BCUT2D eigenvalue weighted by atomic mass is 10.2. The summed E-state index contributed by atoms with van der Waals surface area (Å²) >= 11 is 0. The third-order valence-corrected chi connectivity index (χ3v) is 1.39. The summed E-state index contributed by atoms with van der Waals surface area (Å²) in [6, 6.07) is 0. The monoisotopic (exact) mass is 182 g/mol. The van der Waals surface area contributed by atoms with E-state index in [2.05, 4.69) is 30.1 Å². The first kappa shape index (κ1) is 11.7. The van der Waals surface area contributed by atoms with Crippen molar-refractivity contribution in [3.63, 3.8) is 0 Å². The van der Waals surface area contributed by atoms with Gasteiger partial charge in [-0.3, -0.25) is 0 Å². The van der Waals surface area contributed by atoms with Crippen LogP contribution in [0.2, 0.25) is 0 Å². The SMILES string of the molecule is CC(C)=CCC/C(C)=N/N=C(N)N. The van der Waals surface area contributed by atoms with Crippen LogP contribution in [0.5, 0.6) is 0 Å². The van der Waals surface area contributed by atoms with Crippen molar-refractivity contribution in [1.82, 2.24) is 0 Å². The Bertz CT molecular complexity index is 230. The van der Waals surface area contributed by atoms with Gasteiger partial charge in [0.15, 0.2) is 0 Å². The maximum Gasteiger partial charge on any atom is 0.211 e. The van der Waals surface area contributed by atoms with Crippen molar-refractivity contribution in [3.8, 4) is 0 Å². The molecule has 0 aromatic heterocycles. The van der Waals surface area contributed by atoms with E-state index in [0.717, 1.165) is 18.6 Å². The molecule has 74 valence electrons. The van der Waals surface area contributed by atoms with Crippen molar-refractivity contribution in [3.05, 3.63) is 11.6 Å². The summed E-state index contributed by atoms with van der Waals surface area (Å²) < 4.78 is 0. The van der Waals surface area contributed by atoms with Crippen LogP contribution in [-0.2, 0) is 0 Å². The Morgan fingerprint density at radius 3 is 2.23 bits per heavy atom. The van der Waals surface area contributed by atoms with Gasteiger partial charge in [0.1, 0.15) is 0 Å². The van der Waals surface area contributed by atoms with Gasteiger partial charge in [-0.1, -0.05) is 11.6 Å². The Balaban J connectivity index is 3.88. The largest absolute Gasteiger partial charge is 0.369 e. The van der Waals surface area contributed by atoms with Crippen LogP contribution in [0.1, 0.15) is 33.6 Å². The molecule has 4 nitrogen and oxygen atoms in total. The number of hydrogen-bond donors (Lipinski definition) is 2. The predicted octanol–water partition coefficient (Wildman–Crippen LogP) is 1.38. The lowest BCUT2D eigenvalue weighted by Crippen LogP contribution is -2.22. The van der Waals surface area contributed by atoms with E-state index in [0.29, 0.717) is 0 Å². The second-order valence-corrected chi connectivity index (χ2v) is 3.18. The molecule has 0 aromatic carbocycles. The van der Waals surface area contributed by atoms with E-state index in [-0.39, 0.29) is 5.96 Å². The number of hydrogen-bond acceptors (Lipinski definition) is 2. The minimum absolute atomic E-state index is 0.00145. The van der Waals surface area contributed by atoms with Crippen molar-refractivity contribution in [2.24, 2.45) is 21.7 Å². The minimum Gasteiger partial charge on any atom is -0.369 e. The van der Waals surface area contributed by atoms with Gasteiger partial charge in [0.05, 0.1) is 0 Å². The number of nitrogens with two attached hydrogens (primary N) is 2. The summed E-state index contributed by atoms with van der Waals surface area (Å²) in [7, 11) is 0. The van der Waals surface area contributed by atoms with E-state index in [1.165, 1.54) is 5.57 Å². The number of rotatable bonds is 4. The van der Waals surface area contributed by atoms with E-state index < -0.39 is 0 Å². The van der Waals surface area contributed by atoms with Crippen molar-refractivity contribution in [2.75, 3.05) is 0 Å². The van der Waals surface area contributed by atoms with Gasteiger partial charge in [-0.05, 0) is 33.6 Å². The molecule has 0 fully saturated rings. The topological polar surface area (TPSA) is 76.8 Å². The van der Waals surface area contributed by atoms with Crippen LogP contribution in [0.25, 0.3) is 0 Å². The van der Waals surface area contributed by atoms with E-state index in [1.54, 1.807) is 0 Å². The summed E-state index contributed by atoms with van der Waals surface area (Å²) in [4.78, 5) is 0. The molecule has 13 heavy (non-hydrogen) atoms. The average molecular weight is 182 g/mol. The molecule has 0 aromatic rings. The lowest BCUT2D eigenvalue weighted by Gasteiger charge is -1.94. The number of nitrogens with zero attached hydrogens (tertiary/aromatic N) is 2. The molecule has 4 heteroatoms. The third kappa shape index (κ3) is 8.59. The van der Waals surface area contributed by atoms with Crippen molar-refractivity contribution < 1.29 is 0 Å². The molecule has 0 aliphatic carbocycles. The zero-order chi connectivity index (χ0) is 10.3. The van der Waals surface area contributed by atoms with Gasteiger partial charge in [0, 0.05) is 5.71 Å². The van der Waals surface area contributed by atoms with E-state index in [4.69, 9.17) is 11.5 Å². The van der Waals surface area contributed by atoms with Crippen LogP contribution in [0.4, 0.5) is 0 Å². The molecule has 0 spiro atoms. The molecule has 0 heterocycles. The molecule has 0 aliphatic rings. The van der Waals surface area contributed by atoms with Gasteiger partial charge in [-0.15, -0.1) is 5.10 Å². The van der Waals surface area contributed by atoms with Crippen molar-refractivity contribution >= 4 is 11.7 Å². The minimum atomic E-state index is 0.00145. The van der Waals surface area contributed by atoms with Crippen LogP contribution in [0, 0.1) is 0 Å². The molecule has 0 bridgehead atoms. The van der Waals surface area contributed by atoms with E-state index in [9.17, 15) is 0 Å².